The molecule has 1 aromatic heterocycles. The third kappa shape index (κ3) is 4.40. The monoisotopic (exact) mass is 404 g/mol. The largest absolute Gasteiger partial charge is 0.496 e. The number of hydrogen-bond donors (Lipinski definition) is 1. The average molecular weight is 405 g/mol. The molecular formula is C20H23ClN3O2S+. The van der Waals surface area contributed by atoms with E-state index in [1.165, 1.54) is 16.2 Å². The Kier molecular flexibility index (Phi) is 6.31. The Morgan fingerprint density at radius 1 is 1.22 bits per heavy atom. The van der Waals surface area contributed by atoms with Gasteiger partial charge >= 0.3 is 0 Å². The summed E-state index contributed by atoms with van der Waals surface area (Å²) >= 11 is 7.76. The number of nitrogens with one attached hydrogen (secondary N) is 1. The van der Waals surface area contributed by atoms with Gasteiger partial charge in [0.2, 0.25) is 0 Å². The van der Waals surface area contributed by atoms with Gasteiger partial charge in [-0.2, -0.15) is 0 Å². The number of amides is 1. The molecular weight excluding hydrogens is 382 g/mol. The number of anilines is 1. The van der Waals surface area contributed by atoms with Crippen molar-refractivity contribution in [2.75, 3.05) is 39.2 Å². The van der Waals surface area contributed by atoms with Crippen molar-refractivity contribution in [2.24, 2.45) is 0 Å². The summed E-state index contributed by atoms with van der Waals surface area (Å²) in [5.74, 6) is 0.446. The van der Waals surface area contributed by atoms with Gasteiger partial charge in [0, 0.05) is 13.0 Å². The van der Waals surface area contributed by atoms with Gasteiger partial charge in [0.1, 0.15) is 11.3 Å². The van der Waals surface area contributed by atoms with Crippen LogP contribution in [-0.4, -0.2) is 45.2 Å². The van der Waals surface area contributed by atoms with Crippen LogP contribution in [0.3, 0.4) is 0 Å². The molecule has 0 saturated carbocycles. The van der Waals surface area contributed by atoms with E-state index in [0.717, 1.165) is 23.2 Å². The molecule has 5 nitrogen and oxygen atoms in total. The fourth-order valence-corrected chi connectivity index (χ4v) is 4.15. The maximum atomic E-state index is 13.3. The van der Waals surface area contributed by atoms with E-state index in [9.17, 15) is 4.79 Å². The van der Waals surface area contributed by atoms with E-state index in [4.69, 9.17) is 16.3 Å². The molecule has 7 heteroatoms. The normalized spacial score (nSPS) is 11.1. The Bertz CT molecular complexity index is 942. The van der Waals surface area contributed by atoms with E-state index < -0.39 is 0 Å². The Morgan fingerprint density at radius 3 is 2.70 bits per heavy atom. The van der Waals surface area contributed by atoms with Crippen molar-refractivity contribution in [1.82, 2.24) is 4.98 Å². The van der Waals surface area contributed by atoms with Crippen molar-refractivity contribution in [2.45, 2.75) is 6.42 Å². The van der Waals surface area contributed by atoms with E-state index in [1.54, 1.807) is 24.1 Å². The zero-order valence-electron chi connectivity index (χ0n) is 15.7. The Hall–Kier alpha value is -2.15. The van der Waals surface area contributed by atoms with Crippen LogP contribution in [0.15, 0.2) is 42.5 Å². The standard InChI is InChI=1S/C20H22ClN3O2S/c1-23(2)12-7-13-24(19(25)14-8-4-5-10-16(14)26-3)20-22-18-15(21)9-6-11-17(18)27-20/h4-6,8-11H,7,12-13H2,1-3H3/p+1. The molecule has 0 unspecified atom stereocenters. The SMILES string of the molecule is COc1ccccc1C(=O)N(CCC[NH+](C)C)c1nc2c(Cl)cccc2s1. The van der Waals surface area contributed by atoms with E-state index >= 15 is 0 Å². The summed E-state index contributed by atoms with van der Waals surface area (Å²) in [4.78, 5) is 21.1. The second kappa shape index (κ2) is 8.69. The van der Waals surface area contributed by atoms with Crippen LogP contribution in [0.2, 0.25) is 5.02 Å². The number of carbonyl (C=O) groups is 1. The van der Waals surface area contributed by atoms with Gasteiger partial charge in [-0.1, -0.05) is 41.1 Å². The lowest BCUT2D eigenvalue weighted by Crippen LogP contribution is -3.05. The van der Waals surface area contributed by atoms with Gasteiger partial charge in [-0.3, -0.25) is 9.69 Å². The first-order valence-electron chi connectivity index (χ1n) is 8.80. The maximum Gasteiger partial charge on any atom is 0.263 e. The smallest absolute Gasteiger partial charge is 0.263 e. The second-order valence-electron chi connectivity index (χ2n) is 6.55. The van der Waals surface area contributed by atoms with E-state index in [1.807, 2.05) is 30.3 Å². The number of ether oxygens (including phenoxy) is 1. The molecule has 0 saturated heterocycles. The number of carbonyl (C=O) groups excluding carboxylic acids is 1. The van der Waals surface area contributed by atoms with Crippen LogP contribution in [0.1, 0.15) is 16.8 Å². The molecule has 0 atom stereocenters. The number of halogens is 1. The Balaban J connectivity index is 1.99. The average Bonchev–Trinajstić information content (AvgIpc) is 3.10. The Morgan fingerprint density at radius 2 is 2.00 bits per heavy atom. The molecule has 0 aliphatic heterocycles. The van der Waals surface area contributed by atoms with Crippen LogP contribution < -0.4 is 14.5 Å². The number of aromatic nitrogens is 1. The van der Waals surface area contributed by atoms with Crippen LogP contribution in [-0.2, 0) is 0 Å². The molecule has 0 radical (unpaired) electrons. The highest BCUT2D eigenvalue weighted by Crippen LogP contribution is 2.34. The first kappa shape index (κ1) is 19.6. The van der Waals surface area contributed by atoms with Gasteiger partial charge in [-0.15, -0.1) is 0 Å². The van der Waals surface area contributed by atoms with Crippen molar-refractivity contribution in [3.8, 4) is 5.75 Å². The van der Waals surface area contributed by atoms with Crippen LogP contribution in [0.4, 0.5) is 5.13 Å². The fourth-order valence-electron chi connectivity index (χ4n) is 2.86. The molecule has 1 amide bonds. The number of para-hydroxylation sites is 2. The van der Waals surface area contributed by atoms with Crippen LogP contribution in [0, 0.1) is 0 Å². The number of rotatable bonds is 7. The minimum absolute atomic E-state index is 0.114. The highest BCUT2D eigenvalue weighted by Gasteiger charge is 2.24. The second-order valence-corrected chi connectivity index (χ2v) is 7.97. The predicted molar refractivity (Wildman–Crippen MR) is 112 cm³/mol. The number of fused-ring (bicyclic) bond motifs is 1. The molecule has 1 heterocycles. The van der Waals surface area contributed by atoms with Gasteiger partial charge in [-0.05, 0) is 24.3 Å². The molecule has 0 spiro atoms. The molecule has 0 fully saturated rings. The Labute approximate surface area is 168 Å². The van der Waals surface area contributed by atoms with Gasteiger partial charge in [-0.25, -0.2) is 4.98 Å². The van der Waals surface area contributed by atoms with Crippen molar-refractivity contribution in [3.05, 3.63) is 53.1 Å². The van der Waals surface area contributed by atoms with E-state index in [-0.39, 0.29) is 5.91 Å². The van der Waals surface area contributed by atoms with Crippen molar-refractivity contribution in [1.29, 1.82) is 0 Å². The molecule has 142 valence electrons. The van der Waals surface area contributed by atoms with Crippen LogP contribution in [0.25, 0.3) is 10.2 Å². The first-order valence-corrected chi connectivity index (χ1v) is 9.99. The van der Waals surface area contributed by atoms with Gasteiger partial charge in [0.05, 0.1) is 43.0 Å². The summed E-state index contributed by atoms with van der Waals surface area (Å²) in [6, 6.07) is 13.0. The number of hydrogen-bond acceptors (Lipinski definition) is 4. The molecule has 0 aliphatic rings. The molecule has 3 rings (SSSR count). The highest BCUT2D eigenvalue weighted by molar-refractivity contribution is 7.22. The van der Waals surface area contributed by atoms with E-state index in [2.05, 4.69) is 19.1 Å². The lowest BCUT2D eigenvalue weighted by Gasteiger charge is -2.21. The minimum Gasteiger partial charge on any atom is -0.496 e. The van der Waals surface area contributed by atoms with Crippen molar-refractivity contribution >= 4 is 44.2 Å². The zero-order valence-corrected chi connectivity index (χ0v) is 17.2. The molecule has 0 aliphatic carbocycles. The molecule has 27 heavy (non-hydrogen) atoms. The van der Waals surface area contributed by atoms with Crippen molar-refractivity contribution < 1.29 is 14.4 Å². The summed E-state index contributed by atoms with van der Waals surface area (Å²) in [5, 5.41) is 1.25. The zero-order chi connectivity index (χ0) is 19.4. The molecule has 2 aromatic carbocycles. The minimum atomic E-state index is -0.114. The predicted octanol–water partition coefficient (Wildman–Crippen LogP) is 3.14. The number of methoxy groups -OCH3 is 1. The molecule has 1 N–H and O–H groups in total. The maximum absolute atomic E-state index is 13.3. The van der Waals surface area contributed by atoms with Gasteiger partial charge in [0.25, 0.3) is 5.91 Å². The lowest BCUT2D eigenvalue weighted by atomic mass is 10.1. The number of nitrogens with zero attached hydrogens (tertiary/aromatic N) is 2. The topological polar surface area (TPSA) is 46.9 Å². The van der Waals surface area contributed by atoms with E-state index in [0.29, 0.717) is 28.0 Å². The number of quaternary nitrogens is 1. The lowest BCUT2D eigenvalue weighted by molar-refractivity contribution is -0.858. The molecule has 3 aromatic rings. The quantitative estimate of drug-likeness (QED) is 0.658. The summed E-state index contributed by atoms with van der Waals surface area (Å²) in [7, 11) is 5.77. The third-order valence-electron chi connectivity index (χ3n) is 4.23. The van der Waals surface area contributed by atoms with Gasteiger partial charge < -0.3 is 9.64 Å². The summed E-state index contributed by atoms with van der Waals surface area (Å²) in [5.41, 5.74) is 1.26. The number of thiazole rings is 1. The molecule has 0 bridgehead atoms. The van der Waals surface area contributed by atoms with Crippen LogP contribution >= 0.6 is 22.9 Å². The first-order chi connectivity index (χ1) is 13.0. The fraction of sp³-hybridized carbons (Fsp3) is 0.300. The summed E-state index contributed by atoms with van der Waals surface area (Å²) in [6.45, 7) is 1.54. The summed E-state index contributed by atoms with van der Waals surface area (Å²) < 4.78 is 6.35. The summed E-state index contributed by atoms with van der Waals surface area (Å²) in [6.07, 6.45) is 0.868. The van der Waals surface area contributed by atoms with Crippen molar-refractivity contribution in [3.63, 3.8) is 0 Å². The van der Waals surface area contributed by atoms with Gasteiger partial charge in [0.15, 0.2) is 5.13 Å². The van der Waals surface area contributed by atoms with Crippen LogP contribution in [0.5, 0.6) is 5.75 Å². The highest BCUT2D eigenvalue weighted by atomic mass is 35.5. The third-order valence-corrected chi connectivity index (χ3v) is 5.58. The number of benzene rings is 2.